The molecule has 1 aliphatic rings. The summed E-state index contributed by atoms with van der Waals surface area (Å²) in [4.78, 5) is 24.7. The van der Waals surface area contributed by atoms with Crippen molar-refractivity contribution in [3.8, 4) is 0 Å². The fraction of sp³-hybridized carbons (Fsp3) is 0.143. The topological polar surface area (TPSA) is 53.0 Å². The summed E-state index contributed by atoms with van der Waals surface area (Å²) in [6.07, 6.45) is 3.01. The van der Waals surface area contributed by atoms with Crippen LogP contribution in [0.3, 0.4) is 0 Å². The van der Waals surface area contributed by atoms with Crippen LogP contribution in [0.2, 0.25) is 0 Å². The standard InChI is InChI=1S/C14H13N3O2S/c1-3-7-16-12(18)13(19)17(14(16)20)15-9-11-6-4-5-10(2)8-11/h3-6,8-9H,1,7H2,2H3/b15-9+. The van der Waals surface area contributed by atoms with E-state index >= 15 is 0 Å². The van der Waals surface area contributed by atoms with E-state index in [1.165, 1.54) is 12.3 Å². The van der Waals surface area contributed by atoms with Gasteiger partial charge in [0, 0.05) is 6.54 Å². The smallest absolute Gasteiger partial charge is 0.275 e. The number of carbonyl (C=O) groups excluding carboxylic acids is 2. The third-order valence-electron chi connectivity index (χ3n) is 2.71. The van der Waals surface area contributed by atoms with Crippen molar-refractivity contribution < 1.29 is 9.59 Å². The molecule has 0 N–H and O–H groups in total. The number of benzene rings is 1. The van der Waals surface area contributed by atoms with Gasteiger partial charge >= 0.3 is 11.8 Å². The van der Waals surface area contributed by atoms with Gasteiger partial charge in [-0.3, -0.25) is 14.5 Å². The molecule has 0 spiro atoms. The number of hydrogen-bond acceptors (Lipinski definition) is 4. The van der Waals surface area contributed by atoms with Crippen molar-refractivity contribution in [3.63, 3.8) is 0 Å². The van der Waals surface area contributed by atoms with E-state index in [1.807, 2.05) is 31.2 Å². The zero-order valence-corrected chi connectivity index (χ0v) is 11.8. The molecule has 2 amide bonds. The second-order valence-corrected chi connectivity index (χ2v) is 4.63. The first kappa shape index (κ1) is 14.1. The third-order valence-corrected chi connectivity index (χ3v) is 3.10. The van der Waals surface area contributed by atoms with E-state index in [4.69, 9.17) is 12.2 Å². The maximum absolute atomic E-state index is 11.8. The molecular formula is C14H13N3O2S. The Kier molecular flexibility index (Phi) is 4.05. The summed E-state index contributed by atoms with van der Waals surface area (Å²) in [6.45, 7) is 5.68. The molecule has 1 saturated heterocycles. The van der Waals surface area contributed by atoms with Gasteiger partial charge < -0.3 is 0 Å². The van der Waals surface area contributed by atoms with Gasteiger partial charge in [0.2, 0.25) is 5.11 Å². The number of rotatable bonds is 4. The van der Waals surface area contributed by atoms with Crippen LogP contribution in [0.15, 0.2) is 42.0 Å². The second-order valence-electron chi connectivity index (χ2n) is 4.26. The Balaban J connectivity index is 2.21. The van der Waals surface area contributed by atoms with E-state index in [1.54, 1.807) is 0 Å². The molecule has 1 aromatic rings. The lowest BCUT2D eigenvalue weighted by Crippen LogP contribution is -2.31. The maximum Gasteiger partial charge on any atom is 0.339 e. The van der Waals surface area contributed by atoms with Gasteiger partial charge in [-0.1, -0.05) is 35.9 Å². The molecule has 1 fully saturated rings. The Hall–Kier alpha value is -2.34. The lowest BCUT2D eigenvalue weighted by molar-refractivity contribution is -0.143. The Morgan fingerprint density at radius 1 is 1.35 bits per heavy atom. The highest BCUT2D eigenvalue weighted by Gasteiger charge is 2.41. The molecule has 1 heterocycles. The molecule has 0 bridgehead atoms. The molecule has 20 heavy (non-hydrogen) atoms. The Labute approximate surface area is 122 Å². The molecule has 5 nitrogen and oxygen atoms in total. The SMILES string of the molecule is C=CCN1C(=O)C(=O)N(/N=C/c2cccc(C)c2)C1=S. The van der Waals surface area contributed by atoms with Gasteiger partial charge in [-0.05, 0) is 24.7 Å². The fourth-order valence-electron chi connectivity index (χ4n) is 1.76. The maximum atomic E-state index is 11.8. The van der Waals surface area contributed by atoms with Crippen molar-refractivity contribution in [1.82, 2.24) is 9.91 Å². The number of carbonyl (C=O) groups is 2. The van der Waals surface area contributed by atoms with Gasteiger partial charge in [-0.2, -0.15) is 10.1 Å². The monoisotopic (exact) mass is 287 g/mol. The minimum absolute atomic E-state index is 0.0730. The molecule has 0 saturated carbocycles. The van der Waals surface area contributed by atoms with Crippen molar-refractivity contribution in [2.75, 3.05) is 6.54 Å². The predicted octanol–water partition coefficient (Wildman–Crippen LogP) is 1.47. The lowest BCUT2D eigenvalue weighted by Gasteiger charge is -2.12. The number of thiocarbonyl (C=S) groups is 1. The van der Waals surface area contributed by atoms with Gasteiger partial charge in [0.1, 0.15) is 0 Å². The van der Waals surface area contributed by atoms with Crippen LogP contribution < -0.4 is 0 Å². The highest BCUT2D eigenvalue weighted by molar-refractivity contribution is 7.80. The summed E-state index contributed by atoms with van der Waals surface area (Å²) in [7, 11) is 0. The first-order valence-corrected chi connectivity index (χ1v) is 6.37. The van der Waals surface area contributed by atoms with Gasteiger partial charge in [-0.25, -0.2) is 0 Å². The van der Waals surface area contributed by atoms with Crippen LogP contribution >= 0.6 is 12.2 Å². The number of aryl methyl sites for hydroxylation is 1. The highest BCUT2D eigenvalue weighted by atomic mass is 32.1. The zero-order valence-electron chi connectivity index (χ0n) is 10.9. The lowest BCUT2D eigenvalue weighted by atomic mass is 10.2. The van der Waals surface area contributed by atoms with Crippen molar-refractivity contribution in [2.45, 2.75) is 6.92 Å². The molecule has 6 heteroatoms. The predicted molar refractivity (Wildman–Crippen MR) is 80.1 cm³/mol. The molecule has 0 aliphatic carbocycles. The number of nitrogens with zero attached hydrogens (tertiary/aromatic N) is 3. The quantitative estimate of drug-likeness (QED) is 0.365. The highest BCUT2D eigenvalue weighted by Crippen LogP contribution is 2.13. The molecule has 102 valence electrons. The van der Waals surface area contributed by atoms with Gasteiger partial charge in [0.25, 0.3) is 0 Å². The van der Waals surface area contributed by atoms with Gasteiger partial charge in [-0.15, -0.1) is 6.58 Å². The van der Waals surface area contributed by atoms with Crippen LogP contribution in [0.25, 0.3) is 0 Å². The van der Waals surface area contributed by atoms with E-state index in [0.717, 1.165) is 21.0 Å². The van der Waals surface area contributed by atoms with E-state index in [0.29, 0.717) is 0 Å². The summed E-state index contributed by atoms with van der Waals surface area (Å²) < 4.78 is 0. The summed E-state index contributed by atoms with van der Waals surface area (Å²) >= 11 is 5.07. The Bertz CT molecular complexity index is 625. The number of hydrazone groups is 1. The zero-order chi connectivity index (χ0) is 14.7. The minimum atomic E-state index is -0.749. The largest absolute Gasteiger partial charge is 0.339 e. The number of amides is 2. The van der Waals surface area contributed by atoms with Crippen LogP contribution in [0, 0.1) is 6.92 Å². The van der Waals surface area contributed by atoms with Crippen molar-refractivity contribution in [2.24, 2.45) is 5.10 Å². The minimum Gasteiger partial charge on any atom is -0.275 e. The van der Waals surface area contributed by atoms with Crippen LogP contribution in [0.4, 0.5) is 0 Å². The summed E-state index contributed by atoms with van der Waals surface area (Å²) in [5.74, 6) is -1.43. The van der Waals surface area contributed by atoms with E-state index in [2.05, 4.69) is 11.7 Å². The molecule has 2 rings (SSSR count). The summed E-state index contributed by atoms with van der Waals surface area (Å²) in [6, 6.07) is 7.61. The van der Waals surface area contributed by atoms with Crippen LogP contribution in [0.1, 0.15) is 11.1 Å². The average Bonchev–Trinajstić information content (AvgIpc) is 2.62. The van der Waals surface area contributed by atoms with E-state index in [-0.39, 0.29) is 11.7 Å². The first-order valence-electron chi connectivity index (χ1n) is 5.96. The summed E-state index contributed by atoms with van der Waals surface area (Å²) in [5, 5.41) is 5.01. The van der Waals surface area contributed by atoms with E-state index in [9.17, 15) is 9.59 Å². The molecule has 0 unspecified atom stereocenters. The first-order chi connectivity index (χ1) is 9.54. The summed E-state index contributed by atoms with van der Waals surface area (Å²) in [5.41, 5.74) is 1.91. The average molecular weight is 287 g/mol. The van der Waals surface area contributed by atoms with Gasteiger partial charge in [0.15, 0.2) is 0 Å². The molecule has 1 aromatic carbocycles. The Morgan fingerprint density at radius 3 is 2.75 bits per heavy atom. The van der Waals surface area contributed by atoms with Crippen molar-refractivity contribution >= 4 is 35.4 Å². The molecule has 0 atom stereocenters. The van der Waals surface area contributed by atoms with Crippen LogP contribution in [-0.2, 0) is 9.59 Å². The van der Waals surface area contributed by atoms with Crippen molar-refractivity contribution in [3.05, 3.63) is 48.0 Å². The van der Waals surface area contributed by atoms with E-state index < -0.39 is 11.8 Å². The normalized spacial score (nSPS) is 15.6. The van der Waals surface area contributed by atoms with Crippen LogP contribution in [-0.4, -0.2) is 39.6 Å². The van der Waals surface area contributed by atoms with Crippen LogP contribution in [0.5, 0.6) is 0 Å². The molecule has 0 aromatic heterocycles. The number of hydrogen-bond donors (Lipinski definition) is 0. The molecule has 1 aliphatic heterocycles. The third kappa shape index (κ3) is 2.65. The second kappa shape index (κ2) is 5.75. The van der Waals surface area contributed by atoms with Gasteiger partial charge in [0.05, 0.1) is 6.21 Å². The fourth-order valence-corrected chi connectivity index (χ4v) is 2.05. The molecular weight excluding hydrogens is 274 g/mol. The van der Waals surface area contributed by atoms with Crippen molar-refractivity contribution in [1.29, 1.82) is 0 Å². The molecule has 0 radical (unpaired) electrons. The Morgan fingerprint density at radius 2 is 2.10 bits per heavy atom.